The minimum Gasteiger partial charge on any atom is -0.466 e. The zero-order valence-corrected chi connectivity index (χ0v) is 11.4. The van der Waals surface area contributed by atoms with Gasteiger partial charge in [-0.1, -0.05) is 6.08 Å². The molecule has 1 heterocycles. The van der Waals surface area contributed by atoms with E-state index in [9.17, 15) is 4.79 Å². The summed E-state index contributed by atoms with van der Waals surface area (Å²) in [6.07, 6.45) is 1.86. The Morgan fingerprint density at radius 2 is 2.18 bits per heavy atom. The first-order chi connectivity index (χ1) is 8.02. The molecule has 0 aliphatic carbocycles. The van der Waals surface area contributed by atoms with E-state index in [1.165, 1.54) is 12.7 Å². The number of hydrogen-bond donors (Lipinski definition) is 0. The number of ether oxygens (including phenoxy) is 1. The number of rotatable bonds is 4. The molecule has 0 spiro atoms. The first-order valence-electron chi connectivity index (χ1n) is 5.36. The van der Waals surface area contributed by atoms with Gasteiger partial charge in [0.15, 0.2) is 0 Å². The quantitative estimate of drug-likeness (QED) is 0.468. The summed E-state index contributed by atoms with van der Waals surface area (Å²) < 4.78 is 4.62. The Kier molecular flexibility index (Phi) is 5.22. The average molecular weight is 251 g/mol. The fraction of sp³-hybridized carbons (Fsp3) is 0.385. The Bertz CT molecular complexity index is 421. The van der Waals surface area contributed by atoms with E-state index >= 15 is 0 Å². The van der Waals surface area contributed by atoms with Crippen LogP contribution in [0.2, 0.25) is 0 Å². The average Bonchev–Trinajstić information content (AvgIpc) is 2.26. The molecule has 17 heavy (non-hydrogen) atoms. The molecule has 3 nitrogen and oxygen atoms in total. The normalized spacial score (nSPS) is 11.4. The molecule has 4 heteroatoms. The number of aromatic nitrogens is 1. The Labute approximate surface area is 106 Å². The Morgan fingerprint density at radius 3 is 2.76 bits per heavy atom. The third kappa shape index (κ3) is 4.61. The lowest BCUT2D eigenvalue weighted by Crippen LogP contribution is -2.01. The van der Waals surface area contributed by atoms with Gasteiger partial charge in [0.2, 0.25) is 0 Å². The highest BCUT2D eigenvalue weighted by Gasteiger charge is 2.02. The van der Waals surface area contributed by atoms with Gasteiger partial charge in [0.1, 0.15) is 0 Å². The standard InChI is InChI=1S/C13H17NO2S/c1-9-7-11(3)14-12(8-9)17-6-5-10(2)13(15)16-4/h5,7-8H,6H2,1-4H3/b10-5+. The van der Waals surface area contributed by atoms with Crippen LogP contribution in [-0.4, -0.2) is 23.8 Å². The van der Waals surface area contributed by atoms with E-state index in [1.807, 2.05) is 32.1 Å². The monoisotopic (exact) mass is 251 g/mol. The molecule has 1 aromatic rings. The second-order valence-electron chi connectivity index (χ2n) is 3.81. The number of carbonyl (C=O) groups excluding carboxylic acids is 1. The van der Waals surface area contributed by atoms with Gasteiger partial charge < -0.3 is 4.74 Å². The van der Waals surface area contributed by atoms with E-state index in [1.54, 1.807) is 18.7 Å². The minimum atomic E-state index is -0.279. The molecule has 0 bridgehead atoms. The smallest absolute Gasteiger partial charge is 0.333 e. The van der Waals surface area contributed by atoms with E-state index < -0.39 is 0 Å². The van der Waals surface area contributed by atoms with Gasteiger partial charge in [-0.2, -0.15) is 0 Å². The first kappa shape index (κ1) is 13.8. The number of carbonyl (C=O) groups is 1. The molecule has 0 aliphatic rings. The molecule has 0 saturated heterocycles. The van der Waals surface area contributed by atoms with Crippen LogP contribution in [0.15, 0.2) is 28.8 Å². The summed E-state index contributed by atoms with van der Waals surface area (Å²) in [6.45, 7) is 5.78. The fourth-order valence-electron chi connectivity index (χ4n) is 1.37. The molecule has 0 saturated carbocycles. The molecule has 0 fully saturated rings. The van der Waals surface area contributed by atoms with E-state index in [0.717, 1.165) is 16.5 Å². The van der Waals surface area contributed by atoms with Crippen LogP contribution in [0.5, 0.6) is 0 Å². The molecule has 0 N–H and O–H groups in total. The molecular formula is C13H17NO2S. The van der Waals surface area contributed by atoms with Gasteiger partial charge in [0.25, 0.3) is 0 Å². The van der Waals surface area contributed by atoms with Gasteiger partial charge in [0.05, 0.1) is 12.1 Å². The molecule has 0 aromatic carbocycles. The molecule has 0 unspecified atom stereocenters. The third-order valence-corrected chi connectivity index (χ3v) is 3.04. The highest BCUT2D eigenvalue weighted by molar-refractivity contribution is 7.99. The van der Waals surface area contributed by atoms with Gasteiger partial charge in [-0.3, -0.25) is 0 Å². The van der Waals surface area contributed by atoms with Crippen LogP contribution in [0.25, 0.3) is 0 Å². The van der Waals surface area contributed by atoms with Gasteiger partial charge >= 0.3 is 5.97 Å². The van der Waals surface area contributed by atoms with Crippen molar-refractivity contribution >= 4 is 17.7 Å². The van der Waals surface area contributed by atoms with Crippen molar-refractivity contribution in [3.63, 3.8) is 0 Å². The van der Waals surface area contributed by atoms with Crippen LogP contribution in [0, 0.1) is 13.8 Å². The van der Waals surface area contributed by atoms with Crippen molar-refractivity contribution in [2.24, 2.45) is 0 Å². The molecule has 92 valence electrons. The Balaban J connectivity index is 2.59. The molecule has 0 amide bonds. The molecule has 1 aromatic heterocycles. The van der Waals surface area contributed by atoms with Crippen molar-refractivity contribution < 1.29 is 9.53 Å². The largest absolute Gasteiger partial charge is 0.466 e. The molecule has 0 radical (unpaired) electrons. The van der Waals surface area contributed by atoms with E-state index in [4.69, 9.17) is 0 Å². The Morgan fingerprint density at radius 1 is 1.47 bits per heavy atom. The van der Waals surface area contributed by atoms with Gasteiger partial charge in [-0.15, -0.1) is 11.8 Å². The van der Waals surface area contributed by atoms with Crippen LogP contribution in [0.3, 0.4) is 0 Å². The van der Waals surface area contributed by atoms with Crippen LogP contribution in [-0.2, 0) is 9.53 Å². The lowest BCUT2D eigenvalue weighted by atomic mass is 10.3. The van der Waals surface area contributed by atoms with Crippen molar-refractivity contribution in [2.45, 2.75) is 25.8 Å². The maximum Gasteiger partial charge on any atom is 0.333 e. The van der Waals surface area contributed by atoms with Crippen molar-refractivity contribution in [1.82, 2.24) is 4.98 Å². The Hall–Kier alpha value is -1.29. The number of thioether (sulfide) groups is 1. The van der Waals surface area contributed by atoms with Crippen molar-refractivity contribution in [2.75, 3.05) is 12.9 Å². The summed E-state index contributed by atoms with van der Waals surface area (Å²) >= 11 is 1.61. The summed E-state index contributed by atoms with van der Waals surface area (Å²) in [5, 5.41) is 0.983. The maximum atomic E-state index is 11.1. The number of methoxy groups -OCH3 is 1. The zero-order valence-electron chi connectivity index (χ0n) is 10.6. The first-order valence-corrected chi connectivity index (χ1v) is 6.34. The number of aryl methyl sites for hydroxylation is 2. The van der Waals surface area contributed by atoms with Crippen LogP contribution in [0.4, 0.5) is 0 Å². The van der Waals surface area contributed by atoms with Crippen LogP contribution in [0.1, 0.15) is 18.2 Å². The number of esters is 1. The lowest BCUT2D eigenvalue weighted by molar-refractivity contribution is -0.136. The predicted molar refractivity (Wildman–Crippen MR) is 70.2 cm³/mol. The van der Waals surface area contributed by atoms with E-state index in [0.29, 0.717) is 5.57 Å². The minimum absolute atomic E-state index is 0.279. The summed E-state index contributed by atoms with van der Waals surface area (Å²) in [6, 6.07) is 4.08. The number of hydrogen-bond acceptors (Lipinski definition) is 4. The van der Waals surface area contributed by atoms with Crippen LogP contribution >= 0.6 is 11.8 Å². The number of nitrogens with zero attached hydrogens (tertiary/aromatic N) is 1. The van der Waals surface area contributed by atoms with Gasteiger partial charge in [0, 0.05) is 17.0 Å². The fourth-order valence-corrected chi connectivity index (χ4v) is 2.36. The van der Waals surface area contributed by atoms with Gasteiger partial charge in [-0.25, -0.2) is 9.78 Å². The van der Waals surface area contributed by atoms with E-state index in [-0.39, 0.29) is 5.97 Å². The highest BCUT2D eigenvalue weighted by atomic mass is 32.2. The summed E-state index contributed by atoms with van der Waals surface area (Å²) in [5.41, 5.74) is 2.85. The topological polar surface area (TPSA) is 39.2 Å². The lowest BCUT2D eigenvalue weighted by Gasteiger charge is -2.02. The summed E-state index contributed by atoms with van der Waals surface area (Å²) in [7, 11) is 1.39. The zero-order chi connectivity index (χ0) is 12.8. The second kappa shape index (κ2) is 6.45. The SMILES string of the molecule is COC(=O)/C(C)=C/CSc1cc(C)cc(C)n1. The van der Waals surface area contributed by atoms with E-state index in [2.05, 4.69) is 9.72 Å². The van der Waals surface area contributed by atoms with Gasteiger partial charge in [-0.05, 0) is 38.5 Å². The van der Waals surface area contributed by atoms with Crippen molar-refractivity contribution in [3.05, 3.63) is 35.0 Å². The molecule has 1 rings (SSSR count). The predicted octanol–water partition coefficient (Wildman–Crippen LogP) is 2.91. The molecule has 0 atom stereocenters. The molecular weight excluding hydrogens is 234 g/mol. The van der Waals surface area contributed by atoms with Crippen molar-refractivity contribution in [1.29, 1.82) is 0 Å². The summed E-state index contributed by atoms with van der Waals surface area (Å²) in [4.78, 5) is 15.6. The second-order valence-corrected chi connectivity index (χ2v) is 4.85. The van der Waals surface area contributed by atoms with Crippen LogP contribution < -0.4 is 0 Å². The highest BCUT2D eigenvalue weighted by Crippen LogP contribution is 2.18. The maximum absolute atomic E-state index is 11.1. The van der Waals surface area contributed by atoms with Crippen molar-refractivity contribution in [3.8, 4) is 0 Å². The third-order valence-electron chi connectivity index (χ3n) is 2.20. The summed E-state index contributed by atoms with van der Waals surface area (Å²) in [5.74, 6) is 0.440. The number of pyridine rings is 1. The molecule has 0 aliphatic heterocycles.